The van der Waals surface area contributed by atoms with E-state index in [0.717, 1.165) is 0 Å². The molecule has 1 rings (SSSR count). The molecule has 0 bridgehead atoms. The normalized spacial score (nSPS) is 12.5. The lowest BCUT2D eigenvalue weighted by molar-refractivity contribution is 0.275. The molecule has 0 amide bonds. The summed E-state index contributed by atoms with van der Waals surface area (Å²) in [5.74, 6) is 0.776. The number of hydrogen-bond donors (Lipinski definition) is 3. The van der Waals surface area contributed by atoms with Crippen molar-refractivity contribution in [3.63, 3.8) is 0 Å². The molecule has 0 saturated carbocycles. The van der Waals surface area contributed by atoms with E-state index in [2.05, 4.69) is 0 Å². The van der Waals surface area contributed by atoms with Gasteiger partial charge in [-0.05, 0) is 24.6 Å². The summed E-state index contributed by atoms with van der Waals surface area (Å²) >= 11 is 0. The summed E-state index contributed by atoms with van der Waals surface area (Å²) < 4.78 is 5.10. The van der Waals surface area contributed by atoms with Gasteiger partial charge in [0, 0.05) is 18.2 Å². The summed E-state index contributed by atoms with van der Waals surface area (Å²) in [4.78, 5) is 0. The first-order chi connectivity index (χ1) is 6.69. The fourth-order valence-corrected chi connectivity index (χ4v) is 1.31. The lowest BCUT2D eigenvalue weighted by Crippen LogP contribution is -2.13. The predicted molar refractivity (Wildman–Crippen MR) is 53.3 cm³/mol. The van der Waals surface area contributed by atoms with Gasteiger partial charge in [-0.25, -0.2) is 0 Å². The zero-order chi connectivity index (χ0) is 10.6. The zero-order valence-corrected chi connectivity index (χ0v) is 8.10. The van der Waals surface area contributed by atoms with Gasteiger partial charge < -0.3 is 20.7 Å². The van der Waals surface area contributed by atoms with Gasteiger partial charge in [0.2, 0.25) is 0 Å². The zero-order valence-electron chi connectivity index (χ0n) is 8.10. The number of phenols is 1. The van der Waals surface area contributed by atoms with Crippen molar-refractivity contribution in [3.05, 3.63) is 23.8 Å². The fraction of sp³-hybridized carbons (Fsp3) is 0.400. The lowest BCUT2D eigenvalue weighted by Gasteiger charge is -2.14. The van der Waals surface area contributed by atoms with E-state index in [0.29, 0.717) is 17.7 Å². The van der Waals surface area contributed by atoms with Crippen LogP contribution in [-0.2, 0) is 0 Å². The summed E-state index contributed by atoms with van der Waals surface area (Å²) in [6.07, 6.45) is 0.444. The van der Waals surface area contributed by atoms with E-state index in [1.165, 1.54) is 6.07 Å². The predicted octanol–water partition coefficient (Wildman–Crippen LogP) is 0.783. The monoisotopic (exact) mass is 197 g/mol. The smallest absolute Gasteiger partial charge is 0.123 e. The third kappa shape index (κ3) is 2.37. The first-order valence-corrected chi connectivity index (χ1v) is 4.42. The molecule has 0 radical (unpaired) electrons. The van der Waals surface area contributed by atoms with Crippen molar-refractivity contribution in [1.29, 1.82) is 0 Å². The number of aromatic hydroxyl groups is 1. The maximum absolute atomic E-state index is 9.28. The number of benzene rings is 1. The maximum atomic E-state index is 9.28. The first-order valence-electron chi connectivity index (χ1n) is 4.42. The van der Waals surface area contributed by atoms with Crippen LogP contribution in [0.1, 0.15) is 18.0 Å². The molecule has 4 heteroatoms. The summed E-state index contributed by atoms with van der Waals surface area (Å²) in [7, 11) is 1.54. The minimum atomic E-state index is -0.318. The first kappa shape index (κ1) is 10.8. The summed E-state index contributed by atoms with van der Waals surface area (Å²) in [5, 5.41) is 18.0. The van der Waals surface area contributed by atoms with Gasteiger partial charge in [-0.1, -0.05) is 0 Å². The van der Waals surface area contributed by atoms with E-state index in [-0.39, 0.29) is 18.4 Å². The van der Waals surface area contributed by atoms with Crippen LogP contribution < -0.4 is 10.5 Å². The molecule has 1 aromatic rings. The molecule has 14 heavy (non-hydrogen) atoms. The highest BCUT2D eigenvalue weighted by Gasteiger charge is 2.11. The Kier molecular flexibility index (Phi) is 3.73. The standard InChI is InChI=1S/C10H15NO3/c1-14-10-3-2-7(13)6-8(10)9(11)4-5-12/h2-3,6,9,12-13H,4-5,11H2,1H3/t9-/m0/s1. The number of ether oxygens (including phenoxy) is 1. The molecule has 4 N–H and O–H groups in total. The van der Waals surface area contributed by atoms with Crippen LogP contribution in [0.5, 0.6) is 11.5 Å². The number of methoxy groups -OCH3 is 1. The molecule has 4 nitrogen and oxygen atoms in total. The van der Waals surface area contributed by atoms with Gasteiger partial charge in [0.1, 0.15) is 11.5 Å². The number of aliphatic hydroxyl groups excluding tert-OH is 1. The molecule has 1 aromatic carbocycles. The SMILES string of the molecule is COc1ccc(O)cc1[C@@H](N)CCO. The Morgan fingerprint density at radius 1 is 1.50 bits per heavy atom. The molecular weight excluding hydrogens is 182 g/mol. The minimum Gasteiger partial charge on any atom is -0.508 e. The van der Waals surface area contributed by atoms with E-state index < -0.39 is 0 Å². The topological polar surface area (TPSA) is 75.7 Å². The molecule has 0 unspecified atom stereocenters. The van der Waals surface area contributed by atoms with Crippen molar-refractivity contribution >= 4 is 0 Å². The van der Waals surface area contributed by atoms with E-state index in [4.69, 9.17) is 15.6 Å². The number of hydrogen-bond acceptors (Lipinski definition) is 4. The molecule has 0 heterocycles. The van der Waals surface area contributed by atoms with Gasteiger partial charge in [0.05, 0.1) is 7.11 Å². The highest BCUT2D eigenvalue weighted by Crippen LogP contribution is 2.28. The van der Waals surface area contributed by atoms with E-state index in [1.807, 2.05) is 0 Å². The molecule has 0 aliphatic carbocycles. The quantitative estimate of drug-likeness (QED) is 0.666. The van der Waals surface area contributed by atoms with Gasteiger partial charge >= 0.3 is 0 Å². The Bertz CT molecular complexity index is 301. The Morgan fingerprint density at radius 3 is 2.79 bits per heavy atom. The second-order valence-corrected chi connectivity index (χ2v) is 3.05. The average molecular weight is 197 g/mol. The van der Waals surface area contributed by atoms with Gasteiger partial charge in [0.15, 0.2) is 0 Å². The van der Waals surface area contributed by atoms with Crippen molar-refractivity contribution in [2.24, 2.45) is 5.73 Å². The number of phenolic OH excluding ortho intramolecular Hbond substituents is 1. The Hall–Kier alpha value is -1.26. The second kappa shape index (κ2) is 4.83. The van der Waals surface area contributed by atoms with Gasteiger partial charge in [-0.15, -0.1) is 0 Å². The van der Waals surface area contributed by atoms with Crippen LogP contribution in [0.15, 0.2) is 18.2 Å². The molecule has 0 aliphatic rings. The van der Waals surface area contributed by atoms with Crippen molar-refractivity contribution in [3.8, 4) is 11.5 Å². The van der Waals surface area contributed by atoms with Crippen LogP contribution in [0.2, 0.25) is 0 Å². The molecule has 0 spiro atoms. The number of rotatable bonds is 4. The van der Waals surface area contributed by atoms with Gasteiger partial charge in [0.25, 0.3) is 0 Å². The van der Waals surface area contributed by atoms with E-state index in [9.17, 15) is 5.11 Å². The number of aliphatic hydroxyl groups is 1. The molecule has 78 valence electrons. The lowest BCUT2D eigenvalue weighted by atomic mass is 10.0. The average Bonchev–Trinajstić information content (AvgIpc) is 2.18. The Morgan fingerprint density at radius 2 is 2.21 bits per heavy atom. The van der Waals surface area contributed by atoms with Crippen LogP contribution in [0.3, 0.4) is 0 Å². The van der Waals surface area contributed by atoms with Crippen LogP contribution in [0.25, 0.3) is 0 Å². The van der Waals surface area contributed by atoms with Crippen LogP contribution in [0, 0.1) is 0 Å². The molecule has 1 atom stereocenters. The molecular formula is C10H15NO3. The van der Waals surface area contributed by atoms with Gasteiger partial charge in [-0.2, -0.15) is 0 Å². The van der Waals surface area contributed by atoms with Crippen LogP contribution in [-0.4, -0.2) is 23.9 Å². The van der Waals surface area contributed by atoms with Crippen molar-refractivity contribution in [1.82, 2.24) is 0 Å². The van der Waals surface area contributed by atoms with E-state index in [1.54, 1.807) is 19.2 Å². The molecule has 0 fully saturated rings. The fourth-order valence-electron chi connectivity index (χ4n) is 1.31. The second-order valence-electron chi connectivity index (χ2n) is 3.05. The highest BCUT2D eigenvalue weighted by atomic mass is 16.5. The third-order valence-corrected chi connectivity index (χ3v) is 2.05. The summed E-state index contributed by atoms with van der Waals surface area (Å²) in [6, 6.07) is 4.43. The third-order valence-electron chi connectivity index (χ3n) is 2.05. The van der Waals surface area contributed by atoms with Crippen molar-refractivity contribution in [2.75, 3.05) is 13.7 Å². The van der Waals surface area contributed by atoms with E-state index >= 15 is 0 Å². The number of nitrogens with two attached hydrogens (primary N) is 1. The largest absolute Gasteiger partial charge is 0.508 e. The van der Waals surface area contributed by atoms with Crippen LogP contribution in [0.4, 0.5) is 0 Å². The maximum Gasteiger partial charge on any atom is 0.123 e. The summed E-state index contributed by atoms with van der Waals surface area (Å²) in [5.41, 5.74) is 6.51. The Labute approximate surface area is 82.9 Å². The van der Waals surface area contributed by atoms with Crippen molar-refractivity contribution < 1.29 is 14.9 Å². The van der Waals surface area contributed by atoms with Crippen LogP contribution >= 0.6 is 0 Å². The minimum absolute atomic E-state index is 0.0139. The molecule has 0 aromatic heterocycles. The highest BCUT2D eigenvalue weighted by molar-refractivity contribution is 5.41. The Balaban J connectivity index is 2.97. The van der Waals surface area contributed by atoms with Gasteiger partial charge in [-0.3, -0.25) is 0 Å². The summed E-state index contributed by atoms with van der Waals surface area (Å²) in [6.45, 7) is 0.0139. The molecule has 0 aliphatic heterocycles. The van der Waals surface area contributed by atoms with Crippen molar-refractivity contribution in [2.45, 2.75) is 12.5 Å². The molecule has 0 saturated heterocycles.